The lowest BCUT2D eigenvalue weighted by molar-refractivity contribution is -0.172. The first kappa shape index (κ1) is 12.5. The molecule has 0 aromatic carbocycles. The maximum Gasteiger partial charge on any atom is 0.349 e. The molecule has 1 saturated carbocycles. The van der Waals surface area contributed by atoms with Gasteiger partial charge in [-0.3, -0.25) is 4.57 Å². The van der Waals surface area contributed by atoms with Crippen molar-refractivity contribution in [2.24, 2.45) is 0 Å². The van der Waals surface area contributed by atoms with Gasteiger partial charge in [0, 0.05) is 12.6 Å². The van der Waals surface area contributed by atoms with Gasteiger partial charge in [-0.2, -0.15) is 4.98 Å². The Morgan fingerprint density at radius 1 is 1.63 bits per heavy atom. The van der Waals surface area contributed by atoms with Crippen molar-refractivity contribution in [3.63, 3.8) is 0 Å². The summed E-state index contributed by atoms with van der Waals surface area (Å²) in [6.07, 6.45) is -1.07. The molecule has 1 saturated heterocycles. The number of nitrogens with two attached hydrogens (primary N) is 1. The summed E-state index contributed by atoms with van der Waals surface area (Å²) in [5.74, 6) is 0.122. The number of nitrogens with zero attached hydrogens (tertiary/aromatic N) is 2. The molecule has 2 aliphatic rings. The molecule has 8 heteroatoms. The van der Waals surface area contributed by atoms with Crippen LogP contribution in [0.25, 0.3) is 0 Å². The quantitative estimate of drug-likeness (QED) is 0.471. The highest BCUT2D eigenvalue weighted by molar-refractivity contribution is 5.25. The molecule has 2 fully saturated rings. The minimum Gasteiger partial charge on any atom is -0.394 e. The minimum atomic E-state index is -1.42. The Morgan fingerprint density at radius 3 is 3.00 bits per heavy atom. The summed E-state index contributed by atoms with van der Waals surface area (Å²) in [5.41, 5.74) is 3.46. The lowest BCUT2D eigenvalue weighted by Crippen LogP contribution is -2.62. The molecule has 1 aliphatic heterocycles. The number of aromatic nitrogens is 2. The number of fused-ring (bicyclic) bond motifs is 1. The first-order chi connectivity index (χ1) is 8.97. The van der Waals surface area contributed by atoms with Gasteiger partial charge < -0.3 is 25.8 Å². The Labute approximate surface area is 108 Å². The molecule has 1 aliphatic carbocycles. The lowest BCUT2D eigenvalue weighted by Gasteiger charge is -2.47. The SMILES string of the molecule is Nc1ccn(C2C[C@]3(O)C(O)[C@@H](CO)O[C@@H]23)c(=O)n1. The van der Waals surface area contributed by atoms with Crippen LogP contribution in [-0.4, -0.2) is 55.4 Å². The maximum atomic E-state index is 11.7. The van der Waals surface area contributed by atoms with Crippen LogP contribution in [0, 0.1) is 0 Å². The normalized spacial score (nSPS) is 40.8. The van der Waals surface area contributed by atoms with Crippen LogP contribution in [0.15, 0.2) is 17.1 Å². The first-order valence-corrected chi connectivity index (χ1v) is 5.99. The van der Waals surface area contributed by atoms with Crippen LogP contribution in [0.4, 0.5) is 5.82 Å². The molecule has 3 rings (SSSR count). The molecule has 0 amide bonds. The van der Waals surface area contributed by atoms with Gasteiger partial charge in [0.25, 0.3) is 0 Å². The zero-order chi connectivity index (χ0) is 13.8. The number of aliphatic hydroxyl groups is 3. The minimum absolute atomic E-state index is 0.122. The van der Waals surface area contributed by atoms with E-state index in [0.717, 1.165) is 0 Å². The Hall–Kier alpha value is -1.48. The second-order valence-corrected chi connectivity index (χ2v) is 5.03. The molecule has 104 valence electrons. The number of anilines is 1. The van der Waals surface area contributed by atoms with Gasteiger partial charge >= 0.3 is 5.69 Å². The number of aliphatic hydroxyl groups excluding tert-OH is 2. The maximum absolute atomic E-state index is 11.7. The van der Waals surface area contributed by atoms with E-state index in [-0.39, 0.29) is 18.8 Å². The first-order valence-electron chi connectivity index (χ1n) is 5.99. The molecular weight excluding hydrogens is 254 g/mol. The standard InChI is InChI=1S/C11H15N3O5/c12-7-1-2-14(10(17)13-7)5-3-11(18)8(16)6(4-15)19-9(5)11/h1-2,5-6,8-9,15-16,18H,3-4H2,(H2,12,13,17)/t5?,6-,8?,9+,11+/m1/s1. The zero-order valence-corrected chi connectivity index (χ0v) is 10.0. The van der Waals surface area contributed by atoms with Crippen LogP contribution < -0.4 is 11.4 Å². The summed E-state index contributed by atoms with van der Waals surface area (Å²) in [5, 5.41) is 29.2. The van der Waals surface area contributed by atoms with Gasteiger partial charge in [-0.15, -0.1) is 0 Å². The Bertz CT molecular complexity index is 562. The van der Waals surface area contributed by atoms with Crippen LogP contribution in [0.2, 0.25) is 0 Å². The second-order valence-electron chi connectivity index (χ2n) is 5.03. The molecule has 1 aromatic rings. The van der Waals surface area contributed by atoms with Gasteiger partial charge in [-0.05, 0) is 6.07 Å². The fourth-order valence-electron chi connectivity index (χ4n) is 2.88. The Kier molecular flexibility index (Phi) is 2.65. The third-order valence-corrected chi connectivity index (χ3v) is 3.95. The van der Waals surface area contributed by atoms with E-state index in [1.54, 1.807) is 0 Å². The highest BCUT2D eigenvalue weighted by Gasteiger charge is 2.66. The molecular formula is C11H15N3O5. The van der Waals surface area contributed by atoms with Crippen molar-refractivity contribution in [2.75, 3.05) is 12.3 Å². The number of rotatable bonds is 2. The highest BCUT2D eigenvalue weighted by Crippen LogP contribution is 2.51. The highest BCUT2D eigenvalue weighted by atomic mass is 16.6. The molecule has 0 bridgehead atoms. The lowest BCUT2D eigenvalue weighted by atomic mass is 9.70. The van der Waals surface area contributed by atoms with E-state index in [9.17, 15) is 15.0 Å². The van der Waals surface area contributed by atoms with Gasteiger partial charge in [0.05, 0.1) is 12.6 Å². The van der Waals surface area contributed by atoms with Crippen molar-refractivity contribution in [3.05, 3.63) is 22.7 Å². The van der Waals surface area contributed by atoms with Crippen molar-refractivity contribution in [3.8, 4) is 0 Å². The second kappa shape index (κ2) is 4.01. The smallest absolute Gasteiger partial charge is 0.349 e. The summed E-state index contributed by atoms with van der Waals surface area (Å²) in [4.78, 5) is 15.3. The van der Waals surface area contributed by atoms with E-state index in [1.165, 1.54) is 16.8 Å². The van der Waals surface area contributed by atoms with E-state index < -0.39 is 35.6 Å². The molecule has 2 unspecified atom stereocenters. The zero-order valence-electron chi connectivity index (χ0n) is 10.0. The average Bonchev–Trinajstić information content (AvgIpc) is 2.54. The Morgan fingerprint density at radius 2 is 2.37 bits per heavy atom. The number of hydrogen-bond acceptors (Lipinski definition) is 7. The number of ether oxygens (including phenoxy) is 1. The molecule has 0 radical (unpaired) electrons. The molecule has 5 atom stereocenters. The van der Waals surface area contributed by atoms with E-state index in [4.69, 9.17) is 15.6 Å². The van der Waals surface area contributed by atoms with Crippen LogP contribution >= 0.6 is 0 Å². The van der Waals surface area contributed by atoms with Crippen LogP contribution in [0.1, 0.15) is 12.5 Å². The topological polar surface area (TPSA) is 131 Å². The fraction of sp³-hybridized carbons (Fsp3) is 0.636. The van der Waals surface area contributed by atoms with E-state index >= 15 is 0 Å². The largest absolute Gasteiger partial charge is 0.394 e. The molecule has 1 aromatic heterocycles. The number of hydrogen-bond donors (Lipinski definition) is 4. The van der Waals surface area contributed by atoms with Gasteiger partial charge in [-0.1, -0.05) is 0 Å². The van der Waals surface area contributed by atoms with Gasteiger partial charge in [0.2, 0.25) is 0 Å². The predicted molar refractivity (Wildman–Crippen MR) is 63.3 cm³/mol. The van der Waals surface area contributed by atoms with Crippen LogP contribution in [0.5, 0.6) is 0 Å². The van der Waals surface area contributed by atoms with E-state index in [0.29, 0.717) is 0 Å². The molecule has 2 heterocycles. The van der Waals surface area contributed by atoms with Crippen molar-refractivity contribution in [1.82, 2.24) is 9.55 Å². The van der Waals surface area contributed by atoms with Gasteiger partial charge in [0.15, 0.2) is 0 Å². The van der Waals surface area contributed by atoms with Crippen molar-refractivity contribution in [2.45, 2.75) is 36.4 Å². The van der Waals surface area contributed by atoms with Crippen molar-refractivity contribution >= 4 is 5.82 Å². The van der Waals surface area contributed by atoms with Crippen molar-refractivity contribution < 1.29 is 20.1 Å². The summed E-state index contributed by atoms with van der Waals surface area (Å²) in [6.45, 7) is -0.387. The molecule has 8 nitrogen and oxygen atoms in total. The van der Waals surface area contributed by atoms with Crippen LogP contribution in [-0.2, 0) is 4.74 Å². The summed E-state index contributed by atoms with van der Waals surface area (Å²) >= 11 is 0. The van der Waals surface area contributed by atoms with Crippen LogP contribution in [0.3, 0.4) is 0 Å². The predicted octanol–water partition coefficient (Wildman–Crippen LogP) is -2.38. The van der Waals surface area contributed by atoms with Gasteiger partial charge in [0.1, 0.15) is 29.7 Å². The molecule has 0 spiro atoms. The van der Waals surface area contributed by atoms with Gasteiger partial charge in [-0.25, -0.2) is 4.79 Å². The van der Waals surface area contributed by atoms with E-state index in [1.807, 2.05) is 0 Å². The van der Waals surface area contributed by atoms with E-state index in [2.05, 4.69) is 4.98 Å². The number of nitrogen functional groups attached to an aromatic ring is 1. The molecule has 5 N–H and O–H groups in total. The average molecular weight is 269 g/mol. The summed E-state index contributed by atoms with van der Waals surface area (Å²) in [6, 6.07) is 1.06. The fourth-order valence-corrected chi connectivity index (χ4v) is 2.88. The Balaban J connectivity index is 1.89. The summed E-state index contributed by atoms with van der Waals surface area (Å²) < 4.78 is 6.73. The molecule has 19 heavy (non-hydrogen) atoms. The summed E-state index contributed by atoms with van der Waals surface area (Å²) in [7, 11) is 0. The monoisotopic (exact) mass is 269 g/mol. The van der Waals surface area contributed by atoms with Crippen molar-refractivity contribution in [1.29, 1.82) is 0 Å². The third-order valence-electron chi connectivity index (χ3n) is 3.95. The third kappa shape index (κ3) is 1.61.